The van der Waals surface area contributed by atoms with Gasteiger partial charge in [0.25, 0.3) is 5.72 Å². The molecule has 3 rings (SSSR count). The maximum Gasteiger partial charge on any atom is 0.338 e. The van der Waals surface area contributed by atoms with Crippen molar-refractivity contribution in [2.75, 3.05) is 19.7 Å². The molecule has 1 aromatic carbocycles. The van der Waals surface area contributed by atoms with E-state index in [0.29, 0.717) is 12.6 Å². The number of carboxylic acids is 2. The molecule has 8 nitrogen and oxygen atoms in total. The summed E-state index contributed by atoms with van der Waals surface area (Å²) < 4.78 is 38.8. The van der Waals surface area contributed by atoms with Gasteiger partial charge in [0.15, 0.2) is 17.4 Å². The van der Waals surface area contributed by atoms with Gasteiger partial charge in [-0.1, -0.05) is 0 Å². The molecule has 2 heterocycles. The monoisotopic (exact) mass is 436 g/mol. The van der Waals surface area contributed by atoms with Crippen molar-refractivity contribution in [2.24, 2.45) is 5.92 Å². The molecule has 0 aromatic heterocycles. The number of hydrogen-bond acceptors (Lipinski definition) is 6. The molecule has 166 valence electrons. The van der Waals surface area contributed by atoms with Crippen LogP contribution in [-0.4, -0.2) is 47.6 Å². The van der Waals surface area contributed by atoms with Crippen LogP contribution in [0.1, 0.15) is 12.8 Å². The number of piperidine rings is 1. The van der Waals surface area contributed by atoms with Crippen molar-refractivity contribution in [3.05, 3.63) is 65.6 Å². The molecular formula is C21H22F2N2O6. The van der Waals surface area contributed by atoms with Crippen molar-refractivity contribution in [1.82, 2.24) is 10.6 Å². The first kappa shape index (κ1) is 22.3. The second-order valence-electron chi connectivity index (χ2n) is 7.12. The van der Waals surface area contributed by atoms with Crippen LogP contribution in [0.3, 0.4) is 0 Å². The molecule has 0 aliphatic carbocycles. The van der Waals surface area contributed by atoms with Gasteiger partial charge in [-0.15, -0.1) is 0 Å². The lowest BCUT2D eigenvalue weighted by Crippen LogP contribution is -2.55. The van der Waals surface area contributed by atoms with Gasteiger partial charge in [-0.3, -0.25) is 0 Å². The van der Waals surface area contributed by atoms with E-state index in [4.69, 9.17) is 9.47 Å². The summed E-state index contributed by atoms with van der Waals surface area (Å²) in [7, 11) is 0. The molecule has 0 radical (unpaired) electrons. The smallest absolute Gasteiger partial charge is 0.338 e. The minimum atomic E-state index is -2.12. The van der Waals surface area contributed by atoms with Gasteiger partial charge in [0.1, 0.15) is 11.3 Å². The van der Waals surface area contributed by atoms with E-state index in [2.05, 4.69) is 10.6 Å². The maximum absolute atomic E-state index is 13.7. The van der Waals surface area contributed by atoms with Crippen LogP contribution < -0.4 is 15.4 Å². The van der Waals surface area contributed by atoms with E-state index < -0.39 is 34.9 Å². The molecule has 10 heteroatoms. The number of carboxylic acid groups (broad SMARTS) is 2. The normalized spacial score (nSPS) is 23.5. The summed E-state index contributed by atoms with van der Waals surface area (Å²) in [5.74, 6) is -5.56. The Balaban J connectivity index is 2.00. The van der Waals surface area contributed by atoms with Gasteiger partial charge in [0.05, 0.1) is 6.61 Å². The fraction of sp³-hybridized carbons (Fsp3) is 0.333. The van der Waals surface area contributed by atoms with E-state index in [1.165, 1.54) is 18.4 Å². The van der Waals surface area contributed by atoms with Crippen LogP contribution >= 0.6 is 0 Å². The highest BCUT2D eigenvalue weighted by Gasteiger charge is 2.47. The Bertz CT molecular complexity index is 940. The molecule has 1 aromatic rings. The Morgan fingerprint density at radius 1 is 1.26 bits per heavy atom. The van der Waals surface area contributed by atoms with E-state index in [0.717, 1.165) is 37.6 Å². The van der Waals surface area contributed by atoms with Crippen molar-refractivity contribution < 1.29 is 38.1 Å². The standard InChI is InChI=1S/C21H22F2N2O6/c22-16-6-5-14(9-17(16)23)31-21(15(20(28)29)10-19(26)27)18(4-2-8-25-21)30-12-13-3-1-7-24-11-13/h2,4-6,8-10,13,24-25H,1,3,7,11-12H2,(H,26,27)(H,28,29)/b15-10-/t13?,21-/m0/s1. The lowest BCUT2D eigenvalue weighted by Gasteiger charge is -2.38. The molecular weight excluding hydrogens is 414 g/mol. The van der Waals surface area contributed by atoms with E-state index in [9.17, 15) is 28.6 Å². The first-order valence-corrected chi connectivity index (χ1v) is 9.63. The molecule has 0 bridgehead atoms. The molecule has 0 spiro atoms. The number of allylic oxidation sites excluding steroid dienone is 2. The predicted octanol–water partition coefficient (Wildman–Crippen LogP) is 2.15. The molecule has 2 atom stereocenters. The lowest BCUT2D eigenvalue weighted by atomic mass is 9.96. The van der Waals surface area contributed by atoms with Crippen LogP contribution in [0, 0.1) is 17.6 Å². The number of hydrogen-bond donors (Lipinski definition) is 4. The predicted molar refractivity (Wildman–Crippen MR) is 105 cm³/mol. The topological polar surface area (TPSA) is 117 Å². The third-order valence-electron chi connectivity index (χ3n) is 4.89. The zero-order chi connectivity index (χ0) is 22.4. The molecule has 31 heavy (non-hydrogen) atoms. The Morgan fingerprint density at radius 2 is 2.06 bits per heavy atom. The minimum Gasteiger partial charge on any atom is -0.491 e. The molecule has 1 unspecified atom stereocenters. The Morgan fingerprint density at radius 3 is 2.71 bits per heavy atom. The SMILES string of the molecule is O=C(O)/C=C(/C(=O)O)[C@@]1(Oc2ccc(F)c(F)c2)NC=CC=C1OCC1CCCNC1. The summed E-state index contributed by atoms with van der Waals surface area (Å²) >= 11 is 0. The lowest BCUT2D eigenvalue weighted by molar-refractivity contribution is -0.137. The number of rotatable bonds is 8. The Labute approximate surface area is 176 Å². The zero-order valence-corrected chi connectivity index (χ0v) is 16.4. The molecule has 1 saturated heterocycles. The average Bonchev–Trinajstić information content (AvgIpc) is 2.74. The van der Waals surface area contributed by atoms with Crippen molar-refractivity contribution in [3.63, 3.8) is 0 Å². The van der Waals surface area contributed by atoms with Gasteiger partial charge in [-0.2, -0.15) is 0 Å². The summed E-state index contributed by atoms with van der Waals surface area (Å²) in [5.41, 5.74) is -2.83. The van der Waals surface area contributed by atoms with Crippen LogP contribution in [0.25, 0.3) is 0 Å². The van der Waals surface area contributed by atoms with Gasteiger partial charge in [-0.05, 0) is 43.7 Å². The van der Waals surface area contributed by atoms with Crippen LogP contribution in [0.2, 0.25) is 0 Å². The molecule has 2 aliphatic rings. The largest absolute Gasteiger partial charge is 0.491 e. The highest BCUT2D eigenvalue weighted by molar-refractivity contribution is 5.97. The molecule has 2 aliphatic heterocycles. The third kappa shape index (κ3) is 5.21. The number of carbonyl (C=O) groups is 2. The number of benzene rings is 1. The van der Waals surface area contributed by atoms with Crippen LogP contribution in [0.5, 0.6) is 5.75 Å². The second kappa shape index (κ2) is 9.61. The van der Waals surface area contributed by atoms with Gasteiger partial charge in [-0.25, -0.2) is 18.4 Å². The van der Waals surface area contributed by atoms with Gasteiger partial charge in [0, 0.05) is 30.8 Å². The van der Waals surface area contributed by atoms with Crippen LogP contribution in [-0.2, 0) is 14.3 Å². The zero-order valence-electron chi connectivity index (χ0n) is 16.4. The molecule has 4 N–H and O–H groups in total. The maximum atomic E-state index is 13.7. The quantitative estimate of drug-likeness (QED) is 0.458. The molecule has 1 fully saturated rings. The van der Waals surface area contributed by atoms with Crippen LogP contribution in [0.4, 0.5) is 8.78 Å². The van der Waals surface area contributed by atoms with E-state index in [-0.39, 0.29) is 24.0 Å². The van der Waals surface area contributed by atoms with Crippen LogP contribution in [0.15, 0.2) is 54.0 Å². The highest BCUT2D eigenvalue weighted by Crippen LogP contribution is 2.34. The summed E-state index contributed by atoms with van der Waals surface area (Å²) in [5, 5.41) is 24.9. The fourth-order valence-electron chi connectivity index (χ4n) is 3.41. The fourth-order valence-corrected chi connectivity index (χ4v) is 3.41. The number of ether oxygens (including phenoxy) is 2. The summed E-state index contributed by atoms with van der Waals surface area (Å²) in [6, 6.07) is 2.65. The minimum absolute atomic E-state index is 0.0276. The van der Waals surface area contributed by atoms with Crippen molar-refractivity contribution in [3.8, 4) is 5.75 Å². The van der Waals surface area contributed by atoms with Gasteiger partial charge in [0.2, 0.25) is 0 Å². The summed E-state index contributed by atoms with van der Waals surface area (Å²) in [6.07, 6.45) is 6.63. The first-order valence-electron chi connectivity index (χ1n) is 9.63. The van der Waals surface area contributed by atoms with Gasteiger partial charge < -0.3 is 30.3 Å². The van der Waals surface area contributed by atoms with E-state index in [1.807, 2.05) is 0 Å². The highest BCUT2D eigenvalue weighted by atomic mass is 19.2. The van der Waals surface area contributed by atoms with Crippen molar-refractivity contribution in [1.29, 1.82) is 0 Å². The van der Waals surface area contributed by atoms with E-state index >= 15 is 0 Å². The number of dihydropyridines is 1. The summed E-state index contributed by atoms with van der Waals surface area (Å²) in [6.45, 7) is 1.83. The first-order chi connectivity index (χ1) is 14.8. The second-order valence-corrected chi connectivity index (χ2v) is 7.12. The number of nitrogens with one attached hydrogen (secondary N) is 2. The third-order valence-corrected chi connectivity index (χ3v) is 4.89. The molecule has 0 amide bonds. The number of halogens is 2. The Kier molecular flexibility index (Phi) is 6.91. The van der Waals surface area contributed by atoms with Crippen molar-refractivity contribution in [2.45, 2.75) is 18.6 Å². The van der Waals surface area contributed by atoms with Gasteiger partial charge >= 0.3 is 11.9 Å². The average molecular weight is 436 g/mol. The van der Waals surface area contributed by atoms with Crippen molar-refractivity contribution >= 4 is 11.9 Å². The van der Waals surface area contributed by atoms with E-state index in [1.54, 1.807) is 0 Å². The number of aliphatic carboxylic acids is 2. The summed E-state index contributed by atoms with van der Waals surface area (Å²) in [4.78, 5) is 23.3. The Hall–Kier alpha value is -3.40. The molecule has 0 saturated carbocycles.